The molecule has 2 aromatic carbocycles. The summed E-state index contributed by atoms with van der Waals surface area (Å²) < 4.78 is 59.9. The zero-order chi connectivity index (χ0) is 27.4. The van der Waals surface area contributed by atoms with Crippen molar-refractivity contribution in [1.29, 1.82) is 0 Å². The highest BCUT2D eigenvalue weighted by Gasteiger charge is 2.36. The molecule has 0 fully saturated rings. The van der Waals surface area contributed by atoms with Crippen molar-refractivity contribution in [3.63, 3.8) is 0 Å². The third-order valence-corrected chi connectivity index (χ3v) is 6.58. The molecule has 7 nitrogen and oxygen atoms in total. The quantitative estimate of drug-likeness (QED) is 0.397. The zero-order valence-corrected chi connectivity index (χ0v) is 21.1. The summed E-state index contributed by atoms with van der Waals surface area (Å²) in [5.74, 6) is -2.28. The zero-order valence-electron chi connectivity index (χ0n) is 20.3. The number of carbonyl (C=O) groups is 2. The van der Waals surface area contributed by atoms with Crippen molar-refractivity contribution in [2.75, 3.05) is 25.5 Å². The summed E-state index contributed by atoms with van der Waals surface area (Å²) in [6.07, 6.45) is -5.04. The van der Waals surface area contributed by atoms with E-state index in [-0.39, 0.29) is 47.3 Å². The molecule has 38 heavy (non-hydrogen) atoms. The fourth-order valence-electron chi connectivity index (χ4n) is 4.45. The molecule has 2 aliphatic heterocycles. The summed E-state index contributed by atoms with van der Waals surface area (Å²) in [4.78, 5) is 30.4. The summed E-state index contributed by atoms with van der Waals surface area (Å²) in [6.45, 7) is 0.253. The van der Waals surface area contributed by atoms with Crippen LogP contribution in [0.3, 0.4) is 0 Å². The Hall–Kier alpha value is -3.60. The first kappa shape index (κ1) is 27.4. The number of cyclic esters (lactones) is 1. The molecule has 202 valence electrons. The Balaban J connectivity index is 1.38. The van der Waals surface area contributed by atoms with Crippen LogP contribution in [0.1, 0.15) is 42.4 Å². The van der Waals surface area contributed by atoms with Crippen LogP contribution in [0.4, 0.5) is 28.0 Å². The number of allylic oxidation sites excluding steroid dienone is 1. The van der Waals surface area contributed by atoms with E-state index in [0.29, 0.717) is 12.0 Å². The van der Waals surface area contributed by atoms with Crippen molar-refractivity contribution in [2.45, 2.75) is 37.5 Å². The second-order valence-electron chi connectivity index (χ2n) is 8.97. The van der Waals surface area contributed by atoms with Crippen molar-refractivity contribution in [2.24, 2.45) is 4.99 Å². The van der Waals surface area contributed by atoms with Gasteiger partial charge in [0, 0.05) is 25.2 Å². The summed E-state index contributed by atoms with van der Waals surface area (Å²) in [6, 6.07) is 11.1. The molecule has 0 aliphatic carbocycles. The third kappa shape index (κ3) is 6.45. The minimum absolute atomic E-state index is 0.0558. The Morgan fingerprint density at radius 3 is 2.66 bits per heavy atom. The van der Waals surface area contributed by atoms with Gasteiger partial charge in [-0.2, -0.15) is 13.2 Å². The van der Waals surface area contributed by atoms with E-state index in [1.165, 1.54) is 24.1 Å². The molecule has 0 saturated carbocycles. The number of hydrogen-bond donors (Lipinski definition) is 2. The molecule has 2 unspecified atom stereocenters. The molecule has 0 radical (unpaired) electrons. The van der Waals surface area contributed by atoms with E-state index in [1.54, 1.807) is 36.4 Å². The smallest absolute Gasteiger partial charge is 0.412 e. The van der Waals surface area contributed by atoms with E-state index in [9.17, 15) is 27.2 Å². The van der Waals surface area contributed by atoms with Crippen molar-refractivity contribution in [3.05, 3.63) is 76.2 Å². The van der Waals surface area contributed by atoms with Gasteiger partial charge in [0.15, 0.2) is 11.7 Å². The number of halogens is 5. The second-order valence-corrected chi connectivity index (χ2v) is 9.37. The van der Waals surface area contributed by atoms with Gasteiger partial charge in [-0.1, -0.05) is 41.9 Å². The van der Waals surface area contributed by atoms with Gasteiger partial charge in [0.1, 0.15) is 6.10 Å². The number of alkyl halides is 3. The number of benzene rings is 2. The van der Waals surface area contributed by atoms with E-state index in [4.69, 9.17) is 16.3 Å². The molecule has 2 aliphatic rings. The number of aliphatic imine (C=N–C) groups is 1. The maximum atomic E-state index is 14.6. The van der Waals surface area contributed by atoms with E-state index >= 15 is 0 Å². The van der Waals surface area contributed by atoms with Gasteiger partial charge >= 0.3 is 12.3 Å². The van der Waals surface area contributed by atoms with Gasteiger partial charge in [0.25, 0.3) is 5.91 Å². The lowest BCUT2D eigenvalue weighted by atomic mass is 9.91. The molecule has 2 heterocycles. The Kier molecular flexibility index (Phi) is 8.25. The van der Waals surface area contributed by atoms with Crippen LogP contribution in [0.25, 0.3) is 0 Å². The Morgan fingerprint density at radius 1 is 1.21 bits per heavy atom. The van der Waals surface area contributed by atoms with E-state index < -0.39 is 42.4 Å². The lowest BCUT2D eigenvalue weighted by Crippen LogP contribution is -2.44. The minimum Gasteiger partial charge on any atom is -0.441 e. The monoisotopic (exact) mass is 552 g/mol. The summed E-state index contributed by atoms with van der Waals surface area (Å²) in [5, 5.41) is 5.13. The highest BCUT2D eigenvalue weighted by Crippen LogP contribution is 2.38. The van der Waals surface area contributed by atoms with Crippen LogP contribution in [0, 0.1) is 5.82 Å². The molecular formula is C26H25ClF4N4O3. The highest BCUT2D eigenvalue weighted by atomic mass is 35.5. The van der Waals surface area contributed by atoms with Crippen molar-refractivity contribution >= 4 is 35.1 Å². The van der Waals surface area contributed by atoms with Crippen LogP contribution in [0.15, 0.2) is 59.2 Å². The van der Waals surface area contributed by atoms with E-state index in [2.05, 4.69) is 15.6 Å². The van der Waals surface area contributed by atoms with Crippen LogP contribution in [0.5, 0.6) is 0 Å². The normalized spacial score (nSPS) is 17.7. The first-order valence-electron chi connectivity index (χ1n) is 11.9. The van der Waals surface area contributed by atoms with Gasteiger partial charge in [-0.25, -0.2) is 9.18 Å². The molecule has 2 amide bonds. The Morgan fingerprint density at radius 2 is 1.95 bits per heavy atom. The first-order valence-corrected chi connectivity index (χ1v) is 12.3. The summed E-state index contributed by atoms with van der Waals surface area (Å²) >= 11 is 5.88. The SMILES string of the molecule is CN(CCCC1OC(=O)Nc2ccc(Cl)c(F)c21)C(=O)C1=NCC=C(C(CC(F)(F)F)c2ccccc2)N1. The fourth-order valence-corrected chi connectivity index (χ4v) is 4.62. The number of amides is 2. The number of amidine groups is 1. The topological polar surface area (TPSA) is 83.0 Å². The van der Waals surface area contributed by atoms with Gasteiger partial charge in [0.2, 0.25) is 0 Å². The van der Waals surface area contributed by atoms with E-state index in [1.807, 2.05) is 0 Å². The first-order chi connectivity index (χ1) is 18.0. The Bertz CT molecular complexity index is 1270. The van der Waals surface area contributed by atoms with Crippen LogP contribution < -0.4 is 10.6 Å². The molecule has 2 atom stereocenters. The Labute approximate surface area is 221 Å². The highest BCUT2D eigenvalue weighted by molar-refractivity contribution is 6.38. The lowest BCUT2D eigenvalue weighted by Gasteiger charge is -2.28. The van der Waals surface area contributed by atoms with Crippen molar-refractivity contribution in [3.8, 4) is 0 Å². The fraction of sp³-hybridized carbons (Fsp3) is 0.346. The average Bonchev–Trinajstić information content (AvgIpc) is 2.88. The molecule has 0 aromatic heterocycles. The van der Waals surface area contributed by atoms with Gasteiger partial charge in [-0.3, -0.25) is 15.1 Å². The molecule has 2 aromatic rings. The van der Waals surface area contributed by atoms with Crippen molar-refractivity contribution < 1.29 is 31.9 Å². The standard InChI is InChI=1S/C26H25ClF4N4O3/c1-35(13-5-8-20-21-19(34-25(37)38-20)10-9-17(27)22(21)28)24(36)23-32-12-11-18(33-23)16(14-26(29,30)31)15-6-3-2-4-7-15/h2-4,6-7,9-11,16,20H,5,8,12-14H2,1H3,(H,32,33)(H,34,37). The predicted octanol–water partition coefficient (Wildman–Crippen LogP) is 5.94. The molecular weight excluding hydrogens is 528 g/mol. The van der Waals surface area contributed by atoms with Crippen molar-refractivity contribution in [1.82, 2.24) is 10.2 Å². The molecule has 2 N–H and O–H groups in total. The average molecular weight is 553 g/mol. The maximum Gasteiger partial charge on any atom is 0.412 e. The molecule has 0 spiro atoms. The number of ether oxygens (including phenoxy) is 1. The molecule has 0 saturated heterocycles. The number of likely N-dealkylation sites (N-methyl/N-ethyl adjacent to an activating group) is 1. The van der Waals surface area contributed by atoms with Crippen LogP contribution in [-0.2, 0) is 9.53 Å². The van der Waals surface area contributed by atoms with Crippen LogP contribution >= 0.6 is 11.6 Å². The predicted molar refractivity (Wildman–Crippen MR) is 135 cm³/mol. The van der Waals surface area contributed by atoms with Crippen LogP contribution in [0.2, 0.25) is 5.02 Å². The third-order valence-electron chi connectivity index (χ3n) is 6.29. The molecule has 0 bridgehead atoms. The van der Waals surface area contributed by atoms with Gasteiger partial charge in [0.05, 0.1) is 29.2 Å². The number of carbonyl (C=O) groups excluding carboxylic acids is 2. The number of hydrogen-bond acceptors (Lipinski definition) is 5. The maximum absolute atomic E-state index is 14.6. The number of fused-ring (bicyclic) bond motifs is 1. The lowest BCUT2D eigenvalue weighted by molar-refractivity contribution is -0.137. The van der Waals surface area contributed by atoms with E-state index in [0.717, 1.165) is 0 Å². The number of nitrogens with zero attached hydrogens (tertiary/aromatic N) is 2. The van der Waals surface area contributed by atoms with Crippen LogP contribution in [-0.4, -0.2) is 49.0 Å². The summed E-state index contributed by atoms with van der Waals surface area (Å²) in [7, 11) is 1.52. The van der Waals surface area contributed by atoms with Gasteiger partial charge in [-0.15, -0.1) is 0 Å². The number of nitrogens with one attached hydrogen (secondary N) is 2. The van der Waals surface area contributed by atoms with Gasteiger partial charge < -0.3 is 15.0 Å². The largest absolute Gasteiger partial charge is 0.441 e. The number of rotatable bonds is 8. The minimum atomic E-state index is -4.42. The number of anilines is 1. The summed E-state index contributed by atoms with van der Waals surface area (Å²) in [5.41, 5.74) is 1.13. The molecule has 12 heteroatoms. The molecule has 4 rings (SSSR count). The van der Waals surface area contributed by atoms with Gasteiger partial charge in [-0.05, 0) is 36.6 Å². The second kappa shape index (κ2) is 11.4.